The Morgan fingerprint density at radius 2 is 0.815 bits per heavy atom. The number of rotatable bonds is 37. The molecule has 0 radical (unpaired) electrons. The minimum Gasteiger partial charge on any atom is -0.462 e. The summed E-state index contributed by atoms with van der Waals surface area (Å²) in [5, 5.41) is 0. The molecule has 310 valence electrons. The van der Waals surface area contributed by atoms with Gasteiger partial charge in [-0.05, 0) is 64.5 Å². The molecule has 0 unspecified atom stereocenters. The maximum Gasteiger partial charge on any atom is 0.340 e. The van der Waals surface area contributed by atoms with Crippen LogP contribution in [0.2, 0.25) is 0 Å². The molecule has 0 bridgehead atoms. The Bertz CT molecular complexity index is 1240. The Balaban J connectivity index is 2.21. The van der Waals surface area contributed by atoms with Crippen LogP contribution in [0.25, 0.3) is 0 Å². The normalized spacial score (nSPS) is 11.9. The van der Waals surface area contributed by atoms with Gasteiger partial charge in [0, 0.05) is 0 Å². The van der Waals surface area contributed by atoms with Gasteiger partial charge < -0.3 is 9.47 Å². The van der Waals surface area contributed by atoms with Crippen LogP contribution in [-0.2, 0) is 19.6 Å². The van der Waals surface area contributed by atoms with Crippen LogP contribution in [0.4, 0.5) is 0 Å². The monoisotopic (exact) mass is 775 g/mol. The number of allylic oxidation sites excluding steroid dienone is 4. The van der Waals surface area contributed by atoms with E-state index in [9.17, 15) is 22.6 Å². The number of unbranched alkanes of at least 4 members (excludes halogenated alkanes) is 28. The Morgan fingerprint density at radius 1 is 0.500 bits per heavy atom. The third-order valence-corrected chi connectivity index (χ3v) is 11.1. The molecule has 7 nitrogen and oxygen atoms in total. The summed E-state index contributed by atoms with van der Waals surface area (Å²) in [6, 6.07) is 3.76. The zero-order valence-corrected chi connectivity index (χ0v) is 35.3. The molecule has 1 N–H and O–H groups in total. The molecule has 0 fully saturated rings. The highest BCUT2D eigenvalue weighted by Gasteiger charge is 2.28. The Kier molecular flexibility index (Phi) is 32.1. The van der Waals surface area contributed by atoms with Crippen molar-refractivity contribution in [1.29, 1.82) is 0 Å². The van der Waals surface area contributed by atoms with Crippen molar-refractivity contribution >= 4 is 22.1 Å². The summed E-state index contributed by atoms with van der Waals surface area (Å²) in [5.41, 5.74) is -0.672. The van der Waals surface area contributed by atoms with Crippen molar-refractivity contribution in [3.63, 3.8) is 0 Å². The van der Waals surface area contributed by atoms with Gasteiger partial charge in [0.2, 0.25) is 0 Å². The molecule has 0 amide bonds. The number of benzene rings is 1. The van der Waals surface area contributed by atoms with Crippen molar-refractivity contribution in [3.8, 4) is 0 Å². The zero-order chi connectivity index (χ0) is 39.4. The first-order valence-corrected chi connectivity index (χ1v) is 23.4. The molecule has 1 aromatic carbocycles. The lowest BCUT2D eigenvalue weighted by atomic mass is 10.0. The topological polar surface area (TPSA) is 107 Å². The van der Waals surface area contributed by atoms with E-state index >= 15 is 0 Å². The van der Waals surface area contributed by atoms with E-state index in [1.165, 1.54) is 153 Å². The summed E-state index contributed by atoms with van der Waals surface area (Å²) in [5.74, 6) is -1.74. The van der Waals surface area contributed by atoms with Crippen LogP contribution in [0.15, 0.2) is 47.4 Å². The fourth-order valence-electron chi connectivity index (χ4n) is 6.91. The minimum atomic E-state index is -4.76. The number of hydrogen-bond donors (Lipinski definition) is 1. The smallest absolute Gasteiger partial charge is 0.340 e. The molecule has 0 aliphatic rings. The van der Waals surface area contributed by atoms with E-state index in [2.05, 4.69) is 38.2 Å². The van der Waals surface area contributed by atoms with E-state index in [1.54, 1.807) is 0 Å². The molecule has 0 atom stereocenters. The maximum atomic E-state index is 13.0. The summed E-state index contributed by atoms with van der Waals surface area (Å²) in [4.78, 5) is 25.4. The molecular weight excluding hydrogens is 697 g/mol. The van der Waals surface area contributed by atoms with Crippen molar-refractivity contribution in [2.24, 2.45) is 0 Å². The highest BCUT2D eigenvalue weighted by molar-refractivity contribution is 7.86. The first kappa shape index (κ1) is 49.6. The van der Waals surface area contributed by atoms with Gasteiger partial charge in [-0.25, -0.2) is 9.59 Å². The van der Waals surface area contributed by atoms with Crippen LogP contribution >= 0.6 is 0 Å². The number of esters is 2. The van der Waals surface area contributed by atoms with Gasteiger partial charge in [-0.15, -0.1) is 0 Å². The van der Waals surface area contributed by atoms with Crippen LogP contribution in [0.1, 0.15) is 227 Å². The fraction of sp³-hybridized carbons (Fsp3) is 0.739. The van der Waals surface area contributed by atoms with Crippen molar-refractivity contribution in [1.82, 2.24) is 0 Å². The van der Waals surface area contributed by atoms with Gasteiger partial charge in [0.05, 0.1) is 24.3 Å². The van der Waals surface area contributed by atoms with E-state index in [-0.39, 0.29) is 18.8 Å². The molecule has 0 aromatic heterocycles. The number of carbonyl (C=O) groups excluding carboxylic acids is 2. The first-order chi connectivity index (χ1) is 26.3. The average Bonchev–Trinajstić information content (AvgIpc) is 3.16. The van der Waals surface area contributed by atoms with Crippen LogP contribution in [0.3, 0.4) is 0 Å². The number of carbonyl (C=O) groups is 2. The van der Waals surface area contributed by atoms with Crippen LogP contribution in [-0.4, -0.2) is 38.1 Å². The van der Waals surface area contributed by atoms with Gasteiger partial charge >= 0.3 is 11.9 Å². The highest BCUT2D eigenvalue weighted by Crippen LogP contribution is 2.23. The summed E-state index contributed by atoms with van der Waals surface area (Å²) in [7, 11) is -4.76. The molecule has 54 heavy (non-hydrogen) atoms. The largest absolute Gasteiger partial charge is 0.462 e. The van der Waals surface area contributed by atoms with Crippen molar-refractivity contribution in [3.05, 3.63) is 53.6 Å². The summed E-state index contributed by atoms with van der Waals surface area (Å²) in [6.07, 6.45) is 45.0. The number of hydrogen-bond acceptors (Lipinski definition) is 6. The van der Waals surface area contributed by atoms with Crippen molar-refractivity contribution < 1.29 is 32.0 Å². The second-order valence-corrected chi connectivity index (χ2v) is 16.4. The second kappa shape index (κ2) is 35.0. The predicted octanol–water partition coefficient (Wildman–Crippen LogP) is 14.1. The van der Waals surface area contributed by atoms with E-state index in [0.717, 1.165) is 44.6 Å². The quantitative estimate of drug-likeness (QED) is 0.0310. The van der Waals surface area contributed by atoms with Crippen molar-refractivity contribution in [2.75, 3.05) is 13.2 Å². The van der Waals surface area contributed by atoms with E-state index in [1.807, 2.05) is 0 Å². The fourth-order valence-corrected chi connectivity index (χ4v) is 7.61. The third kappa shape index (κ3) is 27.2. The van der Waals surface area contributed by atoms with E-state index in [4.69, 9.17) is 9.47 Å². The van der Waals surface area contributed by atoms with Gasteiger partial charge in [-0.1, -0.05) is 184 Å². The first-order valence-electron chi connectivity index (χ1n) is 22.0. The van der Waals surface area contributed by atoms with E-state index in [0.29, 0.717) is 12.8 Å². The minimum absolute atomic E-state index is 0.111. The third-order valence-electron chi connectivity index (χ3n) is 10.2. The van der Waals surface area contributed by atoms with Gasteiger partial charge in [0.1, 0.15) is 4.90 Å². The zero-order valence-electron chi connectivity index (χ0n) is 34.5. The van der Waals surface area contributed by atoms with E-state index < -0.39 is 32.5 Å². The van der Waals surface area contributed by atoms with Crippen molar-refractivity contribution in [2.45, 2.75) is 211 Å². The molecule has 0 aliphatic carbocycles. The highest BCUT2D eigenvalue weighted by atomic mass is 32.2. The summed E-state index contributed by atoms with van der Waals surface area (Å²) < 4.78 is 44.8. The van der Waals surface area contributed by atoms with Crippen LogP contribution < -0.4 is 0 Å². The van der Waals surface area contributed by atoms with Gasteiger partial charge in [-0.3, -0.25) is 4.55 Å². The maximum absolute atomic E-state index is 13.0. The lowest BCUT2D eigenvalue weighted by Crippen LogP contribution is -2.19. The lowest BCUT2D eigenvalue weighted by Gasteiger charge is -2.13. The molecule has 0 spiro atoms. The molecular formula is C46H78O7S. The average molecular weight is 775 g/mol. The van der Waals surface area contributed by atoms with Gasteiger partial charge in [-0.2, -0.15) is 8.42 Å². The van der Waals surface area contributed by atoms with Crippen LogP contribution in [0, 0.1) is 0 Å². The molecule has 0 aliphatic heterocycles. The molecule has 0 saturated carbocycles. The molecule has 1 aromatic rings. The SMILES string of the molecule is C/C=C/CCCCCCCCCCCCCCCCOC(=O)c1cccc(S(=O)(=O)O)c1C(=O)OCCCCCCCCCCCCCCCC/C=C/C. The van der Waals surface area contributed by atoms with Crippen LogP contribution in [0.5, 0.6) is 0 Å². The Hall–Kier alpha value is -2.45. The summed E-state index contributed by atoms with van der Waals surface area (Å²) >= 11 is 0. The van der Waals surface area contributed by atoms with Gasteiger partial charge in [0.15, 0.2) is 0 Å². The summed E-state index contributed by atoms with van der Waals surface area (Å²) in [6.45, 7) is 4.45. The second-order valence-electron chi connectivity index (χ2n) is 15.0. The predicted molar refractivity (Wildman–Crippen MR) is 225 cm³/mol. The molecule has 1 rings (SSSR count). The standard InChI is InChI=1S/C46H78O7S/c1-3-5-7-9-11-13-15-17-19-21-23-25-27-29-31-33-35-40-52-45(47)42-38-37-39-43(54(49,50)51)44(42)46(48)53-41-36-34-32-30-28-26-24-22-20-18-16-14-12-10-8-6-4-2/h3-6,37-39H,7-36,40-41H2,1-2H3,(H,49,50,51)/b5-3+,6-4+. The van der Waals surface area contributed by atoms with Gasteiger partial charge in [0.25, 0.3) is 10.1 Å². The Morgan fingerprint density at radius 3 is 1.15 bits per heavy atom. The number of ether oxygens (including phenoxy) is 2. The molecule has 8 heteroatoms. The molecule has 0 heterocycles. The molecule has 0 saturated heterocycles. The Labute approximate surface area is 331 Å². The lowest BCUT2D eigenvalue weighted by molar-refractivity contribution is 0.0446.